The van der Waals surface area contributed by atoms with Gasteiger partial charge in [-0.2, -0.15) is 0 Å². The molecule has 3 heteroatoms. The van der Waals surface area contributed by atoms with Crippen LogP contribution in [0.4, 0.5) is 0 Å². The lowest BCUT2D eigenvalue weighted by Gasteiger charge is -2.03. The van der Waals surface area contributed by atoms with Gasteiger partial charge in [-0.25, -0.2) is 0 Å². The summed E-state index contributed by atoms with van der Waals surface area (Å²) in [6.07, 6.45) is 22.9. The van der Waals surface area contributed by atoms with Gasteiger partial charge in [-0.3, -0.25) is 0 Å². The van der Waals surface area contributed by atoms with Crippen molar-refractivity contribution in [3.05, 3.63) is 0 Å². The lowest BCUT2D eigenvalue weighted by molar-refractivity contribution is 0.530. The van der Waals surface area contributed by atoms with Gasteiger partial charge >= 0.3 is 0 Å². The molecule has 0 aromatic carbocycles. The van der Waals surface area contributed by atoms with E-state index < -0.39 is 0 Å². The first-order valence-corrected chi connectivity index (χ1v) is 10.8. The minimum atomic E-state index is 0.162. The van der Waals surface area contributed by atoms with Crippen LogP contribution < -0.4 is 17.2 Å². The highest BCUT2D eigenvalue weighted by molar-refractivity contribution is 4.50. The predicted octanol–water partition coefficient (Wildman–Crippen LogP) is 5.50. The van der Waals surface area contributed by atoms with E-state index in [2.05, 4.69) is 6.92 Å². The minimum Gasteiger partial charge on any atom is -0.330 e. The maximum absolute atomic E-state index is 5.48. The topological polar surface area (TPSA) is 78.1 Å². The second kappa shape index (κ2) is 25.1. The van der Waals surface area contributed by atoms with Gasteiger partial charge in [0.2, 0.25) is 0 Å². The maximum atomic E-state index is 5.48. The van der Waals surface area contributed by atoms with Crippen molar-refractivity contribution in [2.45, 2.75) is 123 Å². The van der Waals surface area contributed by atoms with Crippen molar-refractivity contribution in [1.82, 2.24) is 0 Å². The van der Waals surface area contributed by atoms with Crippen LogP contribution in [0.3, 0.4) is 0 Å². The molecule has 0 aromatic heterocycles. The summed E-state index contributed by atoms with van der Waals surface area (Å²) in [5.74, 6) is 0. The van der Waals surface area contributed by atoms with E-state index in [0.29, 0.717) is 6.54 Å². The molecule has 3 nitrogen and oxygen atoms in total. The molecule has 0 saturated heterocycles. The molecular weight excluding hydrogens is 294 g/mol. The van der Waals surface area contributed by atoms with Crippen molar-refractivity contribution in [2.75, 3.05) is 13.1 Å². The Morgan fingerprint density at radius 3 is 1.00 bits per heavy atom. The van der Waals surface area contributed by atoms with Crippen LogP contribution in [0.2, 0.25) is 0 Å². The molecule has 1 atom stereocenters. The van der Waals surface area contributed by atoms with Crippen molar-refractivity contribution in [3.63, 3.8) is 0 Å². The van der Waals surface area contributed by atoms with E-state index in [0.717, 1.165) is 6.54 Å². The van der Waals surface area contributed by atoms with Gasteiger partial charge in [-0.1, -0.05) is 103 Å². The molecule has 6 N–H and O–H groups in total. The fourth-order valence-corrected chi connectivity index (χ4v) is 2.69. The first kappa shape index (κ1) is 26.1. The SMILES string of the molecule is CC(N)CN.CCCCCCCCCCCCCCCCCCN. The Morgan fingerprint density at radius 2 is 0.792 bits per heavy atom. The normalized spacial score (nSPS) is 11.9. The summed E-state index contributed by atoms with van der Waals surface area (Å²) >= 11 is 0. The zero-order valence-corrected chi connectivity index (χ0v) is 17.0. The van der Waals surface area contributed by atoms with Crippen LogP contribution in [0.1, 0.15) is 117 Å². The molecule has 0 saturated carbocycles. The Labute approximate surface area is 153 Å². The Hall–Kier alpha value is -0.120. The summed E-state index contributed by atoms with van der Waals surface area (Å²) < 4.78 is 0. The minimum absolute atomic E-state index is 0.162. The first-order valence-electron chi connectivity index (χ1n) is 10.8. The van der Waals surface area contributed by atoms with Gasteiger partial charge in [0.25, 0.3) is 0 Å². The van der Waals surface area contributed by atoms with Gasteiger partial charge in [0.1, 0.15) is 0 Å². The average molecular weight is 344 g/mol. The molecule has 0 amide bonds. The average Bonchev–Trinajstić information content (AvgIpc) is 2.59. The Balaban J connectivity index is 0. The molecule has 0 aliphatic heterocycles. The lowest BCUT2D eigenvalue weighted by Crippen LogP contribution is -2.25. The molecule has 0 aliphatic rings. The third-order valence-corrected chi connectivity index (χ3v) is 4.43. The van der Waals surface area contributed by atoms with Crippen molar-refractivity contribution in [1.29, 1.82) is 0 Å². The van der Waals surface area contributed by atoms with E-state index in [1.165, 1.54) is 103 Å². The van der Waals surface area contributed by atoms with E-state index in [1.807, 2.05) is 6.92 Å². The number of hydrogen-bond donors (Lipinski definition) is 3. The van der Waals surface area contributed by atoms with E-state index in [4.69, 9.17) is 17.2 Å². The predicted molar refractivity (Wildman–Crippen MR) is 111 cm³/mol. The van der Waals surface area contributed by atoms with Gasteiger partial charge in [-0.15, -0.1) is 0 Å². The summed E-state index contributed by atoms with van der Waals surface area (Å²) in [6.45, 7) is 5.62. The zero-order chi connectivity index (χ0) is 18.3. The number of rotatable bonds is 17. The van der Waals surface area contributed by atoms with E-state index in [9.17, 15) is 0 Å². The quantitative estimate of drug-likeness (QED) is 0.305. The van der Waals surface area contributed by atoms with Crippen molar-refractivity contribution in [3.8, 4) is 0 Å². The smallest absolute Gasteiger partial charge is 0.0134 e. The molecule has 0 bridgehead atoms. The summed E-state index contributed by atoms with van der Waals surface area (Å²) in [6, 6.07) is 0.162. The largest absolute Gasteiger partial charge is 0.330 e. The van der Waals surface area contributed by atoms with Gasteiger partial charge in [0, 0.05) is 12.6 Å². The number of unbranched alkanes of at least 4 members (excludes halogenated alkanes) is 15. The Kier molecular flexibility index (Phi) is 27.3. The monoisotopic (exact) mass is 343 g/mol. The first-order chi connectivity index (χ1) is 11.7. The van der Waals surface area contributed by atoms with Gasteiger partial charge < -0.3 is 17.2 Å². The highest BCUT2D eigenvalue weighted by atomic mass is 14.7. The van der Waals surface area contributed by atoms with Crippen LogP contribution in [0, 0.1) is 0 Å². The van der Waals surface area contributed by atoms with Gasteiger partial charge in [0.05, 0.1) is 0 Å². The Bertz CT molecular complexity index is 180. The third-order valence-electron chi connectivity index (χ3n) is 4.43. The molecule has 0 fully saturated rings. The lowest BCUT2D eigenvalue weighted by atomic mass is 10.0. The second-order valence-electron chi connectivity index (χ2n) is 7.30. The van der Waals surface area contributed by atoms with Crippen LogP contribution >= 0.6 is 0 Å². The summed E-state index contributed by atoms with van der Waals surface area (Å²) in [5.41, 5.74) is 15.7. The summed E-state index contributed by atoms with van der Waals surface area (Å²) in [5, 5.41) is 0. The molecule has 0 radical (unpaired) electrons. The third kappa shape index (κ3) is 29.8. The number of nitrogens with two attached hydrogens (primary N) is 3. The molecule has 0 aromatic rings. The van der Waals surface area contributed by atoms with Crippen LogP contribution in [-0.4, -0.2) is 19.1 Å². The van der Waals surface area contributed by atoms with Crippen molar-refractivity contribution >= 4 is 0 Å². The maximum Gasteiger partial charge on any atom is 0.0134 e. The van der Waals surface area contributed by atoms with Crippen LogP contribution in [0.5, 0.6) is 0 Å². The van der Waals surface area contributed by atoms with E-state index >= 15 is 0 Å². The zero-order valence-electron chi connectivity index (χ0n) is 17.0. The molecular formula is C21H49N3. The molecule has 0 heterocycles. The molecule has 148 valence electrons. The summed E-state index contributed by atoms with van der Waals surface area (Å²) in [4.78, 5) is 0. The Morgan fingerprint density at radius 1 is 0.542 bits per heavy atom. The fraction of sp³-hybridized carbons (Fsp3) is 1.00. The highest BCUT2D eigenvalue weighted by Crippen LogP contribution is 2.13. The summed E-state index contributed by atoms with van der Waals surface area (Å²) in [7, 11) is 0. The highest BCUT2D eigenvalue weighted by Gasteiger charge is 1.94. The standard InChI is InChI=1S/C18H39N.C3H10N2/c1-2-3-4-5-6-7-8-9-10-11-12-13-14-15-16-17-18-19;1-3(5)2-4/h2-19H2,1H3;3H,2,4-5H2,1H3. The fourth-order valence-electron chi connectivity index (χ4n) is 2.69. The molecule has 0 rings (SSSR count). The van der Waals surface area contributed by atoms with Gasteiger partial charge in [-0.05, 0) is 19.9 Å². The van der Waals surface area contributed by atoms with Crippen molar-refractivity contribution < 1.29 is 0 Å². The van der Waals surface area contributed by atoms with Crippen LogP contribution in [0.15, 0.2) is 0 Å². The number of hydrogen-bond acceptors (Lipinski definition) is 3. The molecule has 1 unspecified atom stereocenters. The van der Waals surface area contributed by atoms with Crippen molar-refractivity contribution in [2.24, 2.45) is 17.2 Å². The second-order valence-corrected chi connectivity index (χ2v) is 7.30. The van der Waals surface area contributed by atoms with Gasteiger partial charge in [0.15, 0.2) is 0 Å². The molecule has 0 aliphatic carbocycles. The molecule has 0 spiro atoms. The van der Waals surface area contributed by atoms with Crippen LogP contribution in [0.25, 0.3) is 0 Å². The van der Waals surface area contributed by atoms with E-state index in [-0.39, 0.29) is 6.04 Å². The van der Waals surface area contributed by atoms with E-state index in [1.54, 1.807) is 0 Å². The molecule has 24 heavy (non-hydrogen) atoms. The van der Waals surface area contributed by atoms with Crippen LogP contribution in [-0.2, 0) is 0 Å².